The van der Waals surface area contributed by atoms with Gasteiger partial charge in [-0.15, -0.1) is 0 Å². The summed E-state index contributed by atoms with van der Waals surface area (Å²) < 4.78 is 0. The van der Waals surface area contributed by atoms with Gasteiger partial charge in [-0.1, -0.05) is 17.7 Å². The predicted molar refractivity (Wildman–Crippen MR) is 86.2 cm³/mol. The number of benzene rings is 2. The highest BCUT2D eigenvalue weighted by atomic mass is 35.5. The smallest absolute Gasteiger partial charge is 0.275 e. The maximum Gasteiger partial charge on any atom is 0.275 e. The predicted octanol–water partition coefficient (Wildman–Crippen LogP) is 3.93. The second-order valence-electron chi connectivity index (χ2n) is 4.83. The number of nitro benzene ring substituents is 1. The van der Waals surface area contributed by atoms with Crippen LogP contribution in [0.15, 0.2) is 42.5 Å². The molecule has 2 rings (SSSR count). The van der Waals surface area contributed by atoms with Crippen molar-refractivity contribution in [3.63, 3.8) is 0 Å². The van der Waals surface area contributed by atoms with Crippen LogP contribution in [0, 0.1) is 10.1 Å². The van der Waals surface area contributed by atoms with Gasteiger partial charge in [-0.3, -0.25) is 10.1 Å². The van der Waals surface area contributed by atoms with E-state index in [4.69, 9.17) is 11.6 Å². The Balaban J connectivity index is 2.17. The molecule has 0 fully saturated rings. The van der Waals surface area contributed by atoms with Crippen molar-refractivity contribution >= 4 is 28.7 Å². The molecule has 0 unspecified atom stereocenters. The first-order chi connectivity index (χ1) is 9.97. The number of anilines is 2. The van der Waals surface area contributed by atoms with Crippen LogP contribution in [0.5, 0.6) is 0 Å². The third kappa shape index (κ3) is 3.86. The highest BCUT2D eigenvalue weighted by Gasteiger charge is 2.13. The van der Waals surface area contributed by atoms with Crippen molar-refractivity contribution in [3.05, 3.63) is 63.2 Å². The monoisotopic (exact) mass is 305 g/mol. The number of halogens is 1. The van der Waals surface area contributed by atoms with E-state index >= 15 is 0 Å². The van der Waals surface area contributed by atoms with E-state index in [1.165, 1.54) is 6.07 Å². The van der Waals surface area contributed by atoms with Gasteiger partial charge in [0, 0.05) is 48.7 Å². The molecule has 110 valence electrons. The molecule has 0 bridgehead atoms. The highest BCUT2D eigenvalue weighted by molar-refractivity contribution is 6.30. The summed E-state index contributed by atoms with van der Waals surface area (Å²) in [5.41, 5.74) is 2.59. The van der Waals surface area contributed by atoms with Gasteiger partial charge in [0.15, 0.2) is 0 Å². The van der Waals surface area contributed by atoms with Crippen molar-refractivity contribution in [1.29, 1.82) is 0 Å². The third-order valence-electron chi connectivity index (χ3n) is 3.09. The van der Waals surface area contributed by atoms with E-state index in [1.54, 1.807) is 12.1 Å². The van der Waals surface area contributed by atoms with Crippen molar-refractivity contribution < 1.29 is 4.92 Å². The zero-order chi connectivity index (χ0) is 15.4. The van der Waals surface area contributed by atoms with Crippen LogP contribution in [0.4, 0.5) is 17.1 Å². The van der Waals surface area contributed by atoms with Gasteiger partial charge in [-0.05, 0) is 30.3 Å². The van der Waals surface area contributed by atoms with Gasteiger partial charge in [0.1, 0.15) is 0 Å². The Bertz CT molecular complexity index is 659. The first-order valence-corrected chi connectivity index (χ1v) is 6.79. The molecule has 0 aliphatic heterocycles. The van der Waals surface area contributed by atoms with E-state index in [9.17, 15) is 10.1 Å². The maximum atomic E-state index is 11.0. The van der Waals surface area contributed by atoms with Crippen molar-refractivity contribution in [1.82, 2.24) is 0 Å². The minimum atomic E-state index is -0.418. The van der Waals surface area contributed by atoms with Gasteiger partial charge in [0.25, 0.3) is 5.69 Å². The number of nitro groups is 1. The minimum Gasteiger partial charge on any atom is -0.381 e. The van der Waals surface area contributed by atoms with Gasteiger partial charge in [0.05, 0.1) is 4.92 Å². The summed E-state index contributed by atoms with van der Waals surface area (Å²) in [7, 11) is 3.92. The van der Waals surface area contributed by atoms with E-state index in [0.29, 0.717) is 17.1 Å². The normalized spacial score (nSPS) is 10.2. The van der Waals surface area contributed by atoms with Crippen LogP contribution in [0.2, 0.25) is 5.02 Å². The molecule has 2 aromatic carbocycles. The van der Waals surface area contributed by atoms with Crippen molar-refractivity contribution in [2.75, 3.05) is 24.3 Å². The Kier molecular flexibility index (Phi) is 4.65. The summed E-state index contributed by atoms with van der Waals surface area (Å²) in [5, 5.41) is 14.6. The van der Waals surface area contributed by atoms with Gasteiger partial charge < -0.3 is 10.2 Å². The fourth-order valence-electron chi connectivity index (χ4n) is 1.95. The van der Waals surface area contributed by atoms with E-state index in [2.05, 4.69) is 5.32 Å². The Morgan fingerprint density at radius 1 is 1.24 bits per heavy atom. The minimum absolute atomic E-state index is 0.0266. The molecule has 0 radical (unpaired) electrons. The van der Waals surface area contributed by atoms with Crippen LogP contribution < -0.4 is 10.2 Å². The molecule has 0 aliphatic carbocycles. The zero-order valence-corrected chi connectivity index (χ0v) is 12.6. The van der Waals surface area contributed by atoms with Crippen LogP contribution in [0.3, 0.4) is 0 Å². The number of nitrogens with zero attached hydrogens (tertiary/aromatic N) is 2. The summed E-state index contributed by atoms with van der Waals surface area (Å²) in [6.45, 7) is 0.365. The molecule has 0 saturated heterocycles. The van der Waals surface area contributed by atoms with E-state index in [0.717, 1.165) is 11.4 Å². The van der Waals surface area contributed by atoms with Crippen LogP contribution in [-0.4, -0.2) is 19.0 Å². The van der Waals surface area contributed by atoms with Crippen molar-refractivity contribution in [2.45, 2.75) is 6.54 Å². The first-order valence-electron chi connectivity index (χ1n) is 6.41. The van der Waals surface area contributed by atoms with Crippen molar-refractivity contribution in [3.8, 4) is 0 Å². The largest absolute Gasteiger partial charge is 0.381 e. The number of nitrogens with one attached hydrogen (secondary N) is 1. The van der Waals surface area contributed by atoms with E-state index in [-0.39, 0.29) is 5.69 Å². The third-order valence-corrected chi connectivity index (χ3v) is 3.32. The molecule has 0 spiro atoms. The maximum absolute atomic E-state index is 11.0. The SMILES string of the molecule is CN(C)c1cccc(NCc2ccc(Cl)cc2[N+](=O)[O-])c1. The number of rotatable bonds is 5. The van der Waals surface area contributed by atoms with Gasteiger partial charge >= 0.3 is 0 Å². The molecule has 2 aromatic rings. The molecule has 21 heavy (non-hydrogen) atoms. The summed E-state index contributed by atoms with van der Waals surface area (Å²) in [4.78, 5) is 12.6. The fraction of sp³-hybridized carbons (Fsp3) is 0.200. The van der Waals surface area contributed by atoms with E-state index < -0.39 is 4.92 Å². The van der Waals surface area contributed by atoms with Crippen LogP contribution in [0.1, 0.15) is 5.56 Å². The van der Waals surface area contributed by atoms with E-state index in [1.807, 2.05) is 43.3 Å². The molecule has 0 atom stereocenters. The second-order valence-corrected chi connectivity index (χ2v) is 5.26. The molecule has 0 saturated carbocycles. The molecular formula is C15H16ClN3O2. The number of hydrogen-bond donors (Lipinski definition) is 1. The average Bonchev–Trinajstić information content (AvgIpc) is 2.46. The summed E-state index contributed by atoms with van der Waals surface area (Å²) in [6, 6.07) is 12.5. The molecular weight excluding hydrogens is 290 g/mol. The molecule has 1 N–H and O–H groups in total. The van der Waals surface area contributed by atoms with Gasteiger partial charge in [-0.25, -0.2) is 0 Å². The lowest BCUT2D eigenvalue weighted by molar-refractivity contribution is -0.385. The van der Waals surface area contributed by atoms with Crippen LogP contribution >= 0.6 is 11.6 Å². The molecule has 6 heteroatoms. The standard InChI is InChI=1S/C15H16ClN3O2/c1-18(2)14-5-3-4-13(9-14)17-10-11-6-7-12(16)8-15(11)19(20)21/h3-9,17H,10H2,1-2H3. The molecule has 0 heterocycles. The molecule has 0 amide bonds. The summed E-state index contributed by atoms with van der Waals surface area (Å²) in [6.07, 6.45) is 0. The Morgan fingerprint density at radius 3 is 2.67 bits per heavy atom. The fourth-order valence-corrected chi connectivity index (χ4v) is 2.11. The summed E-state index contributed by atoms with van der Waals surface area (Å²) >= 11 is 5.80. The lowest BCUT2D eigenvalue weighted by atomic mass is 10.1. The van der Waals surface area contributed by atoms with Gasteiger partial charge in [-0.2, -0.15) is 0 Å². The Morgan fingerprint density at radius 2 is 2.00 bits per heavy atom. The Hall–Kier alpha value is -2.27. The average molecular weight is 306 g/mol. The quantitative estimate of drug-likeness (QED) is 0.672. The number of hydrogen-bond acceptors (Lipinski definition) is 4. The first kappa shape index (κ1) is 15.1. The molecule has 0 aliphatic rings. The molecule has 0 aromatic heterocycles. The molecule has 5 nitrogen and oxygen atoms in total. The van der Waals surface area contributed by atoms with Gasteiger partial charge in [0.2, 0.25) is 0 Å². The highest BCUT2D eigenvalue weighted by Crippen LogP contribution is 2.25. The lowest BCUT2D eigenvalue weighted by Crippen LogP contribution is -2.09. The summed E-state index contributed by atoms with van der Waals surface area (Å²) in [5.74, 6) is 0. The topological polar surface area (TPSA) is 58.4 Å². The van der Waals surface area contributed by atoms with Crippen LogP contribution in [0.25, 0.3) is 0 Å². The Labute approximate surface area is 128 Å². The zero-order valence-electron chi connectivity index (χ0n) is 11.8. The lowest BCUT2D eigenvalue weighted by Gasteiger charge is -2.14. The second kappa shape index (κ2) is 6.45. The van der Waals surface area contributed by atoms with Crippen molar-refractivity contribution in [2.24, 2.45) is 0 Å². The van der Waals surface area contributed by atoms with Crippen LogP contribution in [-0.2, 0) is 6.54 Å².